The first-order valence-electron chi connectivity index (χ1n) is 39.4. The van der Waals surface area contributed by atoms with Gasteiger partial charge in [-0.05, 0) is 301 Å². The van der Waals surface area contributed by atoms with Gasteiger partial charge < -0.3 is 9.80 Å². The van der Waals surface area contributed by atoms with E-state index in [0.717, 1.165) is 84.2 Å². The van der Waals surface area contributed by atoms with Crippen molar-refractivity contribution in [2.75, 3.05) is 9.80 Å². The predicted octanol–water partition coefficient (Wildman–Crippen LogP) is 31.8. The van der Waals surface area contributed by atoms with Gasteiger partial charge in [0.2, 0.25) is 0 Å². The largest absolute Gasteiger partial charge is 0.310 e. The summed E-state index contributed by atoms with van der Waals surface area (Å²) in [6.07, 6.45) is 0. The fourth-order valence-corrected chi connectivity index (χ4v) is 18.1. The lowest BCUT2D eigenvalue weighted by Crippen LogP contribution is -2.10. The molecular weight excluding hydrogens is 1370 g/mol. The van der Waals surface area contributed by atoms with Gasteiger partial charge >= 0.3 is 0 Å². The molecule has 0 radical (unpaired) electrons. The van der Waals surface area contributed by atoms with Gasteiger partial charge in [-0.25, -0.2) is 0 Å². The van der Waals surface area contributed by atoms with E-state index in [4.69, 9.17) is 0 Å². The smallest absolute Gasteiger partial charge is 0.0468 e. The minimum Gasteiger partial charge on any atom is -0.310 e. The highest BCUT2D eigenvalue weighted by Crippen LogP contribution is 2.47. The zero-order valence-electron chi connectivity index (χ0n) is 62.5. The number of hydrogen-bond acceptors (Lipinski definition) is 2. The van der Waals surface area contributed by atoms with Crippen LogP contribution in [0.3, 0.4) is 0 Å². The van der Waals surface area contributed by atoms with Crippen molar-refractivity contribution in [1.29, 1.82) is 0 Å². The van der Waals surface area contributed by atoms with Crippen LogP contribution in [-0.2, 0) is 0 Å². The van der Waals surface area contributed by atoms with Crippen LogP contribution < -0.4 is 9.80 Å². The lowest BCUT2D eigenvalue weighted by atomic mass is 9.91. The van der Waals surface area contributed by atoms with Gasteiger partial charge in [0.1, 0.15) is 0 Å². The SMILES string of the molecule is c1cc(-c2ccc3ccccc3c2)cc(N(c2ccc(-c3cc(-c4ccc5ccccc5c4)cc(-c4ccc5cc(-c6cccc(N(c7ccc(-c8ccccc8-c8cccc9ccccc89)cc7)c7ccc8c9ccccc9c9ccccc9c8c7)c6)ccc5c4)c3)cc2)c2ccc3c4ccccc4c4ccccc4c3c2)c1. The zero-order valence-corrected chi connectivity index (χ0v) is 62.5. The number of anilines is 6. The van der Waals surface area contributed by atoms with E-state index >= 15 is 0 Å². The van der Waals surface area contributed by atoms with Crippen molar-refractivity contribution in [2.45, 2.75) is 0 Å². The molecule has 0 spiro atoms. The van der Waals surface area contributed by atoms with E-state index in [1.165, 1.54) is 136 Å². The predicted molar refractivity (Wildman–Crippen MR) is 489 cm³/mol. The Balaban J connectivity index is 0.633. The van der Waals surface area contributed by atoms with Gasteiger partial charge in [0, 0.05) is 34.1 Å². The van der Waals surface area contributed by atoms with Crippen LogP contribution >= 0.6 is 0 Å². The van der Waals surface area contributed by atoms with Crippen molar-refractivity contribution in [1.82, 2.24) is 0 Å². The number of benzene rings is 22. The zero-order chi connectivity index (χ0) is 75.2. The van der Waals surface area contributed by atoms with Gasteiger partial charge in [-0.2, -0.15) is 0 Å². The van der Waals surface area contributed by atoms with E-state index in [-0.39, 0.29) is 0 Å². The van der Waals surface area contributed by atoms with Crippen molar-refractivity contribution in [3.05, 3.63) is 437 Å². The summed E-state index contributed by atoms with van der Waals surface area (Å²) in [6.45, 7) is 0. The van der Waals surface area contributed by atoms with Crippen LogP contribution in [0.4, 0.5) is 34.1 Å². The lowest BCUT2D eigenvalue weighted by Gasteiger charge is -2.27. The molecule has 0 bridgehead atoms. The third-order valence-electron chi connectivity index (χ3n) is 23.7. The summed E-state index contributed by atoms with van der Waals surface area (Å²) in [7, 11) is 0. The maximum absolute atomic E-state index is 2.44. The van der Waals surface area contributed by atoms with Crippen molar-refractivity contribution < 1.29 is 0 Å². The van der Waals surface area contributed by atoms with Crippen LogP contribution in [0.1, 0.15) is 0 Å². The van der Waals surface area contributed by atoms with Crippen LogP contribution in [0.15, 0.2) is 437 Å². The molecule has 2 heteroatoms. The summed E-state index contributed by atoms with van der Waals surface area (Å²) in [5.41, 5.74) is 22.8. The average molecular weight is 1450 g/mol. The van der Waals surface area contributed by atoms with Gasteiger partial charge in [-0.1, -0.05) is 322 Å². The third kappa shape index (κ3) is 11.7. The molecule has 0 aliphatic carbocycles. The second-order valence-electron chi connectivity index (χ2n) is 30.3. The number of rotatable bonds is 13. The maximum Gasteiger partial charge on any atom is 0.0468 e. The van der Waals surface area contributed by atoms with Crippen LogP contribution in [0.2, 0.25) is 0 Å². The monoisotopic (exact) mass is 1440 g/mol. The summed E-state index contributed by atoms with van der Waals surface area (Å²) in [6, 6.07) is 162. The summed E-state index contributed by atoms with van der Waals surface area (Å²) < 4.78 is 0. The van der Waals surface area contributed by atoms with E-state index in [9.17, 15) is 0 Å². The molecule has 0 saturated heterocycles. The normalized spacial score (nSPS) is 11.7. The summed E-state index contributed by atoms with van der Waals surface area (Å²) >= 11 is 0. The molecule has 0 aromatic heterocycles. The molecule has 0 saturated carbocycles. The maximum atomic E-state index is 2.44. The van der Waals surface area contributed by atoms with Crippen molar-refractivity contribution >= 4 is 142 Å². The first-order valence-corrected chi connectivity index (χ1v) is 39.4. The number of fused-ring (bicyclic) bond motifs is 16. The molecule has 114 heavy (non-hydrogen) atoms. The minimum absolute atomic E-state index is 1.07. The molecule has 2 nitrogen and oxygen atoms in total. The first-order chi connectivity index (χ1) is 56.5. The summed E-state index contributed by atoms with van der Waals surface area (Å²) in [5.74, 6) is 0. The fourth-order valence-electron chi connectivity index (χ4n) is 18.1. The molecule has 530 valence electrons. The number of nitrogens with zero attached hydrogens (tertiary/aromatic N) is 2. The molecule has 0 atom stereocenters. The van der Waals surface area contributed by atoms with E-state index < -0.39 is 0 Å². The summed E-state index contributed by atoms with van der Waals surface area (Å²) in [4.78, 5) is 4.87. The Labute approximate surface area is 661 Å². The molecule has 0 amide bonds. The van der Waals surface area contributed by atoms with E-state index in [1.807, 2.05) is 0 Å². The average Bonchev–Trinajstić information content (AvgIpc) is 0.741. The fraction of sp³-hybridized carbons (Fsp3) is 0. The standard InChI is InChI=1S/C112H72N2/c1-3-23-78-62-82(44-42-73(78)20-1)80-26-17-28-93(69-80)113(95-58-60-109-105-37-11-9-33-101(105)103-35-13-15-39-107(103)111(109)71-95)91-54-50-75(51-55-91)88-66-89(86-45-43-74-21-2-4-24-79(74)63-86)68-90(67-88)87-49-48-84-64-83(46-47-85(84)65-87)81-27-18-29-94(70-81)114(96-59-61-110-106-38-12-10-34-102(106)104-36-14-16-40-108(104)112(110)72-96)92-56-52-77(53-57-92)98-31-7-8-32-99(98)100-41-19-25-76-22-5-6-30-97(76)100/h1-72H. The highest BCUT2D eigenvalue weighted by Gasteiger charge is 2.22. The Kier molecular flexibility index (Phi) is 16.0. The van der Waals surface area contributed by atoms with E-state index in [0.29, 0.717) is 0 Å². The third-order valence-corrected chi connectivity index (χ3v) is 23.7. The molecule has 0 fully saturated rings. The topological polar surface area (TPSA) is 6.48 Å². The van der Waals surface area contributed by atoms with Crippen molar-refractivity contribution in [3.63, 3.8) is 0 Å². The molecule has 0 aliphatic heterocycles. The Morgan fingerprint density at radius 1 is 0.105 bits per heavy atom. The van der Waals surface area contributed by atoms with Gasteiger partial charge in [0.25, 0.3) is 0 Å². The number of hydrogen-bond donors (Lipinski definition) is 0. The molecule has 22 rings (SSSR count). The van der Waals surface area contributed by atoms with Gasteiger partial charge in [-0.3, -0.25) is 0 Å². The Hall–Kier alpha value is -15.0. The molecule has 0 N–H and O–H groups in total. The molecule has 0 heterocycles. The quantitative estimate of drug-likeness (QED) is 0.106. The highest BCUT2D eigenvalue weighted by atomic mass is 15.1. The second-order valence-corrected chi connectivity index (χ2v) is 30.3. The Bertz CT molecular complexity index is 7540. The first kappa shape index (κ1) is 66.1. The Morgan fingerprint density at radius 2 is 0.377 bits per heavy atom. The second kappa shape index (κ2) is 27.6. The van der Waals surface area contributed by atoms with Crippen molar-refractivity contribution in [2.24, 2.45) is 0 Å². The van der Waals surface area contributed by atoms with Gasteiger partial charge in [0.15, 0.2) is 0 Å². The van der Waals surface area contributed by atoms with Crippen LogP contribution in [-0.4, -0.2) is 0 Å². The molecule has 22 aromatic carbocycles. The van der Waals surface area contributed by atoms with Gasteiger partial charge in [0.05, 0.1) is 0 Å². The molecule has 22 aromatic rings. The van der Waals surface area contributed by atoms with E-state index in [1.54, 1.807) is 0 Å². The van der Waals surface area contributed by atoms with Gasteiger partial charge in [-0.15, -0.1) is 0 Å². The molecule has 0 unspecified atom stereocenters. The van der Waals surface area contributed by atoms with Crippen LogP contribution in [0.25, 0.3) is 186 Å². The van der Waals surface area contributed by atoms with E-state index in [2.05, 4.69) is 447 Å². The summed E-state index contributed by atoms with van der Waals surface area (Å²) in [5, 5.41) is 24.7. The molecular formula is C112H72N2. The molecule has 0 aliphatic rings. The Morgan fingerprint density at radius 3 is 0.825 bits per heavy atom. The van der Waals surface area contributed by atoms with Crippen LogP contribution in [0.5, 0.6) is 0 Å². The lowest BCUT2D eigenvalue weighted by molar-refractivity contribution is 1.29. The highest BCUT2D eigenvalue weighted by molar-refractivity contribution is 6.27. The van der Waals surface area contributed by atoms with Crippen LogP contribution in [0, 0.1) is 0 Å². The minimum atomic E-state index is 1.07. The van der Waals surface area contributed by atoms with Crippen molar-refractivity contribution in [3.8, 4) is 77.9 Å².